The molecule has 0 bridgehead atoms. The van der Waals surface area contributed by atoms with Crippen molar-refractivity contribution < 1.29 is 9.53 Å². The highest BCUT2D eigenvalue weighted by molar-refractivity contribution is 6.30. The van der Waals surface area contributed by atoms with Crippen LogP contribution < -0.4 is 10.5 Å². The number of nitrogens with two attached hydrogens (primary N) is 1. The summed E-state index contributed by atoms with van der Waals surface area (Å²) < 4.78 is 5.47. The maximum atomic E-state index is 12.4. The van der Waals surface area contributed by atoms with E-state index >= 15 is 0 Å². The molecule has 0 aromatic heterocycles. The summed E-state index contributed by atoms with van der Waals surface area (Å²) >= 11 is 5.83. The third kappa shape index (κ3) is 3.54. The van der Waals surface area contributed by atoms with Crippen LogP contribution in [0.4, 0.5) is 5.69 Å². The Bertz CT molecular complexity index is 671. The molecule has 0 spiro atoms. The van der Waals surface area contributed by atoms with Gasteiger partial charge in [0.2, 0.25) is 0 Å². The van der Waals surface area contributed by atoms with Crippen LogP contribution in [0.15, 0.2) is 42.5 Å². The lowest BCUT2D eigenvalue weighted by atomic mass is 9.82. The van der Waals surface area contributed by atoms with Crippen LogP contribution in [0.25, 0.3) is 0 Å². The Balaban J connectivity index is 0.00000176. The fourth-order valence-electron chi connectivity index (χ4n) is 2.75. The second-order valence-electron chi connectivity index (χ2n) is 5.28. The van der Waals surface area contributed by atoms with Crippen molar-refractivity contribution in [3.05, 3.63) is 58.6 Å². The number of anilines is 1. The van der Waals surface area contributed by atoms with Gasteiger partial charge in [0.25, 0.3) is 0 Å². The summed E-state index contributed by atoms with van der Waals surface area (Å²) in [7, 11) is 0. The predicted octanol–water partition coefficient (Wildman–Crippen LogP) is 4.37. The number of rotatable bonds is 2. The Hall–Kier alpha value is -1.71. The average Bonchev–Trinajstić information content (AvgIpc) is 2.49. The van der Waals surface area contributed by atoms with E-state index in [9.17, 15) is 4.79 Å². The topological polar surface area (TPSA) is 52.3 Å². The minimum absolute atomic E-state index is 0. The minimum Gasteiger partial charge on any atom is -0.426 e. The SMILES string of the molecule is Cl.Nc1ccc2c(c1)C(C(=O)Oc1ccc(Cl)cc1)CCC2. The molecule has 1 aliphatic carbocycles. The molecule has 2 aromatic carbocycles. The highest BCUT2D eigenvalue weighted by Crippen LogP contribution is 2.34. The van der Waals surface area contributed by atoms with Gasteiger partial charge in [0, 0.05) is 10.7 Å². The number of fused-ring (bicyclic) bond motifs is 1. The van der Waals surface area contributed by atoms with E-state index < -0.39 is 0 Å². The highest BCUT2D eigenvalue weighted by Gasteiger charge is 2.28. The van der Waals surface area contributed by atoms with Gasteiger partial charge >= 0.3 is 5.97 Å². The smallest absolute Gasteiger partial charge is 0.318 e. The van der Waals surface area contributed by atoms with Gasteiger partial charge in [-0.3, -0.25) is 4.79 Å². The van der Waals surface area contributed by atoms with Crippen LogP contribution in [0.3, 0.4) is 0 Å². The quantitative estimate of drug-likeness (QED) is 0.503. The maximum absolute atomic E-state index is 12.4. The van der Waals surface area contributed by atoms with Crippen LogP contribution in [0.5, 0.6) is 5.75 Å². The fourth-order valence-corrected chi connectivity index (χ4v) is 2.88. The number of carbonyl (C=O) groups is 1. The molecule has 0 saturated carbocycles. The summed E-state index contributed by atoms with van der Waals surface area (Å²) in [5.41, 5.74) is 8.72. The molecule has 0 saturated heterocycles. The van der Waals surface area contributed by atoms with Crippen LogP contribution in [-0.4, -0.2) is 5.97 Å². The van der Waals surface area contributed by atoms with Gasteiger partial charge in [-0.1, -0.05) is 17.7 Å². The van der Waals surface area contributed by atoms with Gasteiger partial charge in [-0.2, -0.15) is 0 Å². The van der Waals surface area contributed by atoms with Gasteiger partial charge < -0.3 is 10.5 Å². The van der Waals surface area contributed by atoms with Crippen molar-refractivity contribution >= 4 is 35.7 Å². The molecule has 5 heteroatoms. The predicted molar refractivity (Wildman–Crippen MR) is 90.9 cm³/mol. The van der Waals surface area contributed by atoms with E-state index in [1.54, 1.807) is 24.3 Å². The standard InChI is InChI=1S/C17H16ClNO2.ClH/c18-12-5-8-14(9-6-12)21-17(20)15-3-1-2-11-4-7-13(19)10-16(11)15;/h4-10,15H,1-3,19H2;1H. The van der Waals surface area contributed by atoms with Crippen LogP contribution in [-0.2, 0) is 11.2 Å². The van der Waals surface area contributed by atoms with E-state index in [0.717, 1.165) is 24.8 Å². The number of aryl methyl sites for hydroxylation is 1. The largest absolute Gasteiger partial charge is 0.426 e. The van der Waals surface area contributed by atoms with Crippen molar-refractivity contribution in [2.24, 2.45) is 0 Å². The molecule has 3 rings (SSSR count). The molecule has 0 aliphatic heterocycles. The van der Waals surface area contributed by atoms with Crippen molar-refractivity contribution in [1.29, 1.82) is 0 Å². The van der Waals surface area contributed by atoms with Crippen molar-refractivity contribution in [3.63, 3.8) is 0 Å². The van der Waals surface area contributed by atoms with Gasteiger partial charge in [0.1, 0.15) is 5.75 Å². The van der Waals surface area contributed by atoms with Crippen LogP contribution >= 0.6 is 24.0 Å². The summed E-state index contributed by atoms with van der Waals surface area (Å²) in [6.45, 7) is 0. The molecule has 2 N–H and O–H groups in total. The summed E-state index contributed by atoms with van der Waals surface area (Å²) in [4.78, 5) is 12.4. The number of halogens is 2. The second-order valence-corrected chi connectivity index (χ2v) is 5.71. The number of esters is 1. The first-order chi connectivity index (χ1) is 10.1. The van der Waals surface area contributed by atoms with Crippen molar-refractivity contribution in [2.75, 3.05) is 5.73 Å². The zero-order chi connectivity index (χ0) is 14.8. The van der Waals surface area contributed by atoms with Crippen LogP contribution in [0.2, 0.25) is 5.02 Å². The Kier molecular flexibility index (Phi) is 5.33. The van der Waals surface area contributed by atoms with E-state index in [0.29, 0.717) is 16.5 Å². The molecule has 1 atom stereocenters. The van der Waals surface area contributed by atoms with E-state index in [-0.39, 0.29) is 24.3 Å². The first-order valence-corrected chi connectivity index (χ1v) is 7.37. The third-order valence-corrected chi connectivity index (χ3v) is 4.05. The van der Waals surface area contributed by atoms with E-state index in [4.69, 9.17) is 22.1 Å². The van der Waals surface area contributed by atoms with Crippen molar-refractivity contribution in [1.82, 2.24) is 0 Å². The molecule has 0 heterocycles. The van der Waals surface area contributed by atoms with Gasteiger partial charge in [-0.05, 0) is 66.8 Å². The second kappa shape index (κ2) is 7.03. The molecule has 116 valence electrons. The Morgan fingerprint density at radius 2 is 1.91 bits per heavy atom. The number of carbonyl (C=O) groups excluding carboxylic acids is 1. The van der Waals surface area contributed by atoms with Crippen molar-refractivity contribution in [2.45, 2.75) is 25.2 Å². The number of benzene rings is 2. The minimum atomic E-state index is -0.243. The normalized spacial score (nSPS) is 16.3. The molecule has 0 radical (unpaired) electrons. The van der Waals surface area contributed by atoms with Gasteiger partial charge in [0.15, 0.2) is 0 Å². The molecule has 1 aliphatic rings. The Morgan fingerprint density at radius 3 is 2.64 bits per heavy atom. The zero-order valence-electron chi connectivity index (χ0n) is 11.9. The average molecular weight is 338 g/mol. The molecule has 1 unspecified atom stereocenters. The summed E-state index contributed by atoms with van der Waals surface area (Å²) in [5.74, 6) is 0.0391. The Morgan fingerprint density at radius 1 is 1.18 bits per heavy atom. The fraction of sp³-hybridized carbons (Fsp3) is 0.235. The maximum Gasteiger partial charge on any atom is 0.318 e. The zero-order valence-corrected chi connectivity index (χ0v) is 13.5. The van der Waals surface area contributed by atoms with Crippen molar-refractivity contribution in [3.8, 4) is 5.75 Å². The lowest BCUT2D eigenvalue weighted by molar-refractivity contribution is -0.136. The van der Waals surface area contributed by atoms with Gasteiger partial charge in [0.05, 0.1) is 5.92 Å². The third-order valence-electron chi connectivity index (χ3n) is 3.80. The summed E-state index contributed by atoms with van der Waals surface area (Å²) in [5, 5.41) is 0.616. The number of ether oxygens (including phenoxy) is 1. The lowest BCUT2D eigenvalue weighted by Gasteiger charge is -2.24. The molecular formula is C17H17Cl2NO2. The number of hydrogen-bond acceptors (Lipinski definition) is 3. The lowest BCUT2D eigenvalue weighted by Crippen LogP contribution is -2.23. The summed E-state index contributed by atoms with van der Waals surface area (Å²) in [6, 6.07) is 12.6. The van der Waals surface area contributed by atoms with Crippen LogP contribution in [0.1, 0.15) is 29.9 Å². The number of hydrogen-bond donors (Lipinski definition) is 1. The van der Waals surface area contributed by atoms with E-state index in [1.165, 1.54) is 5.56 Å². The molecule has 22 heavy (non-hydrogen) atoms. The van der Waals surface area contributed by atoms with Crippen LogP contribution in [0, 0.1) is 0 Å². The van der Waals surface area contributed by atoms with E-state index in [2.05, 4.69) is 0 Å². The van der Waals surface area contributed by atoms with Gasteiger partial charge in [-0.15, -0.1) is 12.4 Å². The summed E-state index contributed by atoms with van der Waals surface area (Å²) in [6.07, 6.45) is 2.76. The highest BCUT2D eigenvalue weighted by atomic mass is 35.5. The molecule has 0 amide bonds. The first-order valence-electron chi connectivity index (χ1n) is 6.99. The Labute approximate surface area is 140 Å². The monoisotopic (exact) mass is 337 g/mol. The molecular weight excluding hydrogens is 321 g/mol. The molecule has 0 fully saturated rings. The molecule has 2 aromatic rings. The van der Waals surface area contributed by atoms with E-state index in [1.807, 2.05) is 18.2 Å². The molecule has 3 nitrogen and oxygen atoms in total. The first kappa shape index (κ1) is 16.7. The van der Waals surface area contributed by atoms with Gasteiger partial charge in [-0.25, -0.2) is 0 Å². The number of nitrogen functional groups attached to an aromatic ring is 1.